The van der Waals surface area contributed by atoms with Crippen molar-refractivity contribution < 1.29 is 31.1 Å². The number of rotatable bonds is 3. The highest BCUT2D eigenvalue weighted by atomic mass is 35.5. The normalized spacial score (nSPS) is 14.4. The Morgan fingerprint density at radius 1 is 0.944 bits per heavy atom. The molecule has 0 aliphatic rings. The van der Waals surface area contributed by atoms with E-state index in [4.69, 9.17) is 23.2 Å². The molecule has 1 unspecified atom stereocenters. The Morgan fingerprint density at radius 2 is 1.39 bits per heavy atom. The van der Waals surface area contributed by atoms with Gasteiger partial charge in [0.15, 0.2) is 0 Å². The van der Waals surface area contributed by atoms with Crippen molar-refractivity contribution in [1.82, 2.24) is 0 Å². The van der Waals surface area contributed by atoms with E-state index in [-0.39, 0.29) is 10.0 Å². The zero-order valence-corrected chi connectivity index (χ0v) is 9.75. The van der Waals surface area contributed by atoms with Crippen molar-refractivity contribution in [3.05, 3.63) is 28.2 Å². The monoisotopic (exact) mass is 312 g/mol. The second kappa shape index (κ2) is 5.05. The maximum atomic E-state index is 12.9. The van der Waals surface area contributed by atoms with Gasteiger partial charge in [-0.25, -0.2) is 4.39 Å². The van der Waals surface area contributed by atoms with Gasteiger partial charge >= 0.3 is 12.3 Å². The predicted molar refractivity (Wildman–Crippen MR) is 53.0 cm³/mol. The minimum Gasteiger partial charge on any atom is -0.430 e. The molecule has 0 fully saturated rings. The van der Waals surface area contributed by atoms with E-state index in [0.717, 1.165) is 18.2 Å². The summed E-state index contributed by atoms with van der Waals surface area (Å²) in [7, 11) is 0. The van der Waals surface area contributed by atoms with E-state index in [9.17, 15) is 26.3 Å². The van der Waals surface area contributed by atoms with Crippen molar-refractivity contribution >= 4 is 23.2 Å². The van der Waals surface area contributed by atoms with Crippen LogP contribution in [0.15, 0.2) is 18.2 Å². The third-order valence-corrected chi connectivity index (χ3v) is 2.11. The van der Waals surface area contributed by atoms with Crippen LogP contribution in [0.5, 0.6) is 5.75 Å². The summed E-state index contributed by atoms with van der Waals surface area (Å²) in [6.45, 7) is 0. The van der Waals surface area contributed by atoms with Gasteiger partial charge in [0, 0.05) is 10.0 Å². The highest BCUT2D eigenvalue weighted by molar-refractivity contribution is 6.34. The molecule has 0 radical (unpaired) electrons. The summed E-state index contributed by atoms with van der Waals surface area (Å²) in [5.41, 5.74) is 0. The molecule has 1 aromatic rings. The predicted octanol–water partition coefficient (Wildman–Crippen LogP) is 4.87. The number of alkyl halides is 6. The third kappa shape index (κ3) is 3.84. The van der Waals surface area contributed by atoms with Gasteiger partial charge in [0.25, 0.3) is 6.17 Å². The molecule has 0 bridgehead atoms. The molecule has 0 aliphatic carbocycles. The lowest BCUT2D eigenvalue weighted by Crippen LogP contribution is -2.45. The number of hydrogen-bond donors (Lipinski definition) is 0. The molecule has 0 N–H and O–H groups in total. The van der Waals surface area contributed by atoms with Crippen LogP contribution in [0.2, 0.25) is 10.0 Å². The average molecular weight is 313 g/mol. The first-order valence-corrected chi connectivity index (χ1v) is 5.01. The van der Waals surface area contributed by atoms with Crippen LogP contribution in [0.4, 0.5) is 26.3 Å². The van der Waals surface area contributed by atoms with Crippen molar-refractivity contribution in [1.29, 1.82) is 0 Å². The molecular weight excluding hydrogens is 309 g/mol. The number of ether oxygens (including phenoxy) is 1. The number of halogens is 8. The molecule has 18 heavy (non-hydrogen) atoms. The lowest BCUT2D eigenvalue weighted by atomic mass is 10.3. The van der Waals surface area contributed by atoms with Crippen LogP contribution in [0.3, 0.4) is 0 Å². The lowest BCUT2D eigenvalue weighted by Gasteiger charge is -2.23. The molecule has 0 aromatic heterocycles. The first kappa shape index (κ1) is 15.2. The van der Waals surface area contributed by atoms with Gasteiger partial charge in [0.1, 0.15) is 5.75 Å². The number of benzene rings is 1. The molecule has 0 saturated heterocycles. The van der Waals surface area contributed by atoms with Crippen LogP contribution >= 0.6 is 23.2 Å². The molecule has 0 amide bonds. The summed E-state index contributed by atoms with van der Waals surface area (Å²) < 4.78 is 77.3. The summed E-state index contributed by atoms with van der Waals surface area (Å²) >= 11 is 10.8. The summed E-state index contributed by atoms with van der Waals surface area (Å²) in [5, 5.41) is -0.286. The van der Waals surface area contributed by atoms with Crippen LogP contribution in [-0.2, 0) is 0 Å². The molecule has 0 spiro atoms. The van der Waals surface area contributed by atoms with Gasteiger partial charge in [-0.05, 0) is 18.2 Å². The van der Waals surface area contributed by atoms with Crippen molar-refractivity contribution in [3.63, 3.8) is 0 Å². The van der Waals surface area contributed by atoms with Crippen LogP contribution in [0, 0.1) is 0 Å². The lowest BCUT2D eigenvalue weighted by molar-refractivity contribution is -0.304. The highest BCUT2D eigenvalue weighted by Crippen LogP contribution is 2.37. The first-order valence-electron chi connectivity index (χ1n) is 4.26. The maximum absolute atomic E-state index is 12.9. The Morgan fingerprint density at radius 3 is 1.78 bits per heavy atom. The largest absolute Gasteiger partial charge is 0.439 e. The van der Waals surface area contributed by atoms with Gasteiger partial charge < -0.3 is 4.74 Å². The van der Waals surface area contributed by atoms with Crippen molar-refractivity contribution in [2.24, 2.45) is 0 Å². The summed E-state index contributed by atoms with van der Waals surface area (Å²) in [6.07, 6.45) is -15.3. The average Bonchev–Trinajstić information content (AvgIpc) is 2.12. The van der Waals surface area contributed by atoms with Gasteiger partial charge in [-0.1, -0.05) is 23.2 Å². The molecule has 0 saturated carbocycles. The second-order valence-corrected chi connectivity index (χ2v) is 4.05. The topological polar surface area (TPSA) is 9.23 Å². The smallest absolute Gasteiger partial charge is 0.430 e. The SMILES string of the molecule is FC(C(F)(F)F)C(F)(F)Oc1cc(Cl)cc(Cl)c1. The van der Waals surface area contributed by atoms with E-state index < -0.39 is 24.2 Å². The summed E-state index contributed by atoms with van der Waals surface area (Å²) in [6, 6.07) is 2.71. The molecule has 0 heterocycles. The molecule has 0 aliphatic heterocycles. The minimum absolute atomic E-state index is 0.143. The molecule has 9 heteroatoms. The fraction of sp³-hybridized carbons (Fsp3) is 0.333. The van der Waals surface area contributed by atoms with Crippen molar-refractivity contribution in [3.8, 4) is 5.75 Å². The van der Waals surface area contributed by atoms with Crippen LogP contribution in [-0.4, -0.2) is 18.5 Å². The Bertz CT molecular complexity index is 413. The van der Waals surface area contributed by atoms with Crippen LogP contribution < -0.4 is 4.74 Å². The van der Waals surface area contributed by atoms with E-state index in [0.29, 0.717) is 0 Å². The summed E-state index contributed by atoms with van der Waals surface area (Å²) in [4.78, 5) is 0. The Balaban J connectivity index is 2.95. The number of hydrogen-bond acceptors (Lipinski definition) is 1. The van der Waals surface area contributed by atoms with E-state index in [1.165, 1.54) is 0 Å². The van der Waals surface area contributed by atoms with Gasteiger partial charge in [0.05, 0.1) is 0 Å². The van der Waals surface area contributed by atoms with Gasteiger partial charge in [-0.3, -0.25) is 0 Å². The highest BCUT2D eigenvalue weighted by Gasteiger charge is 2.59. The third-order valence-electron chi connectivity index (χ3n) is 1.67. The molecular formula is C9H4Cl2F6O. The zero-order chi connectivity index (χ0) is 14.1. The fourth-order valence-corrected chi connectivity index (χ4v) is 1.49. The Labute approximate surface area is 107 Å². The second-order valence-electron chi connectivity index (χ2n) is 3.17. The molecule has 1 nitrogen and oxygen atoms in total. The Kier molecular flexibility index (Phi) is 4.27. The maximum Gasteiger partial charge on any atom is 0.439 e. The standard InChI is InChI=1S/C9H4Cl2F6O/c10-4-1-5(11)3-6(2-4)18-9(16,17)7(12)8(13,14)15/h1-3,7H. The minimum atomic E-state index is -5.74. The quantitative estimate of drug-likeness (QED) is 0.724. The Hall–Kier alpha value is -0.820. The van der Waals surface area contributed by atoms with E-state index in [2.05, 4.69) is 4.74 Å². The fourth-order valence-electron chi connectivity index (χ4n) is 0.987. The van der Waals surface area contributed by atoms with Crippen LogP contribution in [0.1, 0.15) is 0 Å². The van der Waals surface area contributed by atoms with E-state index >= 15 is 0 Å². The molecule has 1 atom stereocenters. The van der Waals surface area contributed by atoms with Gasteiger partial charge in [-0.15, -0.1) is 0 Å². The van der Waals surface area contributed by atoms with Crippen LogP contribution in [0.25, 0.3) is 0 Å². The van der Waals surface area contributed by atoms with Crippen molar-refractivity contribution in [2.75, 3.05) is 0 Å². The molecule has 1 rings (SSSR count). The first-order chi connectivity index (χ1) is 8.02. The van der Waals surface area contributed by atoms with Gasteiger partial charge in [-0.2, -0.15) is 22.0 Å². The van der Waals surface area contributed by atoms with E-state index in [1.54, 1.807) is 0 Å². The summed E-state index contributed by atoms with van der Waals surface area (Å²) in [5.74, 6) is -0.774. The van der Waals surface area contributed by atoms with Crippen molar-refractivity contribution in [2.45, 2.75) is 18.5 Å². The zero-order valence-electron chi connectivity index (χ0n) is 8.24. The van der Waals surface area contributed by atoms with Gasteiger partial charge in [0.2, 0.25) is 0 Å². The van der Waals surface area contributed by atoms with E-state index in [1.807, 2.05) is 0 Å². The molecule has 1 aromatic carbocycles. The molecule has 102 valence electrons.